The summed E-state index contributed by atoms with van der Waals surface area (Å²) >= 11 is 6.39. The van der Waals surface area contributed by atoms with Gasteiger partial charge in [-0.15, -0.1) is 0 Å². The topological polar surface area (TPSA) is 31.2 Å². The van der Waals surface area contributed by atoms with E-state index in [1.54, 1.807) is 14.0 Å². The highest BCUT2D eigenvalue weighted by Crippen LogP contribution is 2.33. The van der Waals surface area contributed by atoms with Gasteiger partial charge in [0.1, 0.15) is 5.15 Å². The van der Waals surface area contributed by atoms with Crippen LogP contribution in [0.15, 0.2) is 12.1 Å². The SMILES string of the molecule is COCCn1c(Cl)c(C(C)=O)c2ccc(C)c(C)c21. The molecule has 4 heteroatoms. The van der Waals surface area contributed by atoms with Crippen molar-refractivity contribution in [2.24, 2.45) is 0 Å². The van der Waals surface area contributed by atoms with Crippen LogP contribution in [0.2, 0.25) is 5.15 Å². The van der Waals surface area contributed by atoms with E-state index in [0.29, 0.717) is 23.9 Å². The molecule has 0 unspecified atom stereocenters. The van der Waals surface area contributed by atoms with Crippen molar-refractivity contribution >= 4 is 28.3 Å². The Balaban J connectivity index is 2.81. The number of carbonyl (C=O) groups excluding carboxylic acids is 1. The number of carbonyl (C=O) groups is 1. The predicted molar refractivity (Wildman–Crippen MR) is 78.3 cm³/mol. The molecule has 0 saturated heterocycles. The molecule has 0 amide bonds. The lowest BCUT2D eigenvalue weighted by molar-refractivity contribution is 0.101. The van der Waals surface area contributed by atoms with Crippen molar-refractivity contribution in [2.75, 3.05) is 13.7 Å². The van der Waals surface area contributed by atoms with Crippen LogP contribution in [-0.2, 0) is 11.3 Å². The number of halogens is 1. The Morgan fingerprint density at radius 2 is 2.05 bits per heavy atom. The summed E-state index contributed by atoms with van der Waals surface area (Å²) in [6, 6.07) is 4.00. The minimum Gasteiger partial charge on any atom is -0.383 e. The average molecular weight is 280 g/mol. The average Bonchev–Trinajstić information content (AvgIpc) is 2.64. The molecule has 3 nitrogen and oxygen atoms in total. The number of Topliss-reactive ketones (excluding diaryl/α,β-unsaturated/α-hetero) is 1. The van der Waals surface area contributed by atoms with Gasteiger partial charge < -0.3 is 9.30 Å². The minimum atomic E-state index is -0.00517. The highest BCUT2D eigenvalue weighted by molar-refractivity contribution is 6.35. The summed E-state index contributed by atoms with van der Waals surface area (Å²) in [7, 11) is 1.66. The molecule has 0 bridgehead atoms. The third-order valence-corrected chi connectivity index (χ3v) is 3.95. The van der Waals surface area contributed by atoms with Crippen LogP contribution in [0.5, 0.6) is 0 Å². The molecule has 0 fully saturated rings. The monoisotopic (exact) mass is 279 g/mol. The first-order chi connectivity index (χ1) is 8.99. The number of benzene rings is 1. The van der Waals surface area contributed by atoms with Gasteiger partial charge in [-0.25, -0.2) is 0 Å². The smallest absolute Gasteiger partial charge is 0.163 e. The summed E-state index contributed by atoms with van der Waals surface area (Å²) in [6.07, 6.45) is 0. The summed E-state index contributed by atoms with van der Waals surface area (Å²) in [5.74, 6) is -0.00517. The van der Waals surface area contributed by atoms with E-state index in [2.05, 4.69) is 13.8 Å². The molecule has 0 spiro atoms. The summed E-state index contributed by atoms with van der Waals surface area (Å²) in [5.41, 5.74) is 3.99. The van der Waals surface area contributed by atoms with Gasteiger partial charge in [0.05, 0.1) is 17.7 Å². The van der Waals surface area contributed by atoms with Crippen LogP contribution in [0.3, 0.4) is 0 Å². The van der Waals surface area contributed by atoms with Crippen LogP contribution in [0.4, 0.5) is 0 Å². The van der Waals surface area contributed by atoms with Crippen molar-refractivity contribution in [3.05, 3.63) is 34.0 Å². The first kappa shape index (κ1) is 14.1. The van der Waals surface area contributed by atoms with Crippen LogP contribution < -0.4 is 0 Å². The second kappa shape index (κ2) is 5.35. The van der Waals surface area contributed by atoms with Crippen LogP contribution in [0.25, 0.3) is 10.9 Å². The molecule has 2 aromatic rings. The van der Waals surface area contributed by atoms with Gasteiger partial charge in [-0.3, -0.25) is 4.79 Å². The highest BCUT2D eigenvalue weighted by Gasteiger charge is 2.20. The number of aromatic nitrogens is 1. The van der Waals surface area contributed by atoms with Crippen molar-refractivity contribution < 1.29 is 9.53 Å². The van der Waals surface area contributed by atoms with Crippen molar-refractivity contribution in [1.82, 2.24) is 4.57 Å². The highest BCUT2D eigenvalue weighted by atomic mass is 35.5. The Labute approximate surface area is 118 Å². The number of fused-ring (bicyclic) bond motifs is 1. The van der Waals surface area contributed by atoms with E-state index in [9.17, 15) is 4.79 Å². The fourth-order valence-corrected chi connectivity index (χ4v) is 2.83. The number of aryl methyl sites for hydroxylation is 2. The lowest BCUT2D eigenvalue weighted by Crippen LogP contribution is -2.05. The number of ketones is 1. The molecule has 0 aliphatic heterocycles. The number of rotatable bonds is 4. The fraction of sp³-hybridized carbons (Fsp3) is 0.400. The van der Waals surface area contributed by atoms with Gasteiger partial charge in [0.25, 0.3) is 0 Å². The summed E-state index contributed by atoms with van der Waals surface area (Å²) in [4.78, 5) is 11.8. The largest absolute Gasteiger partial charge is 0.383 e. The Morgan fingerprint density at radius 3 is 2.63 bits per heavy atom. The van der Waals surface area contributed by atoms with Crippen LogP contribution in [0.1, 0.15) is 28.4 Å². The minimum absolute atomic E-state index is 0.00517. The molecule has 0 aliphatic carbocycles. The summed E-state index contributed by atoms with van der Waals surface area (Å²) in [6.45, 7) is 6.87. The van der Waals surface area contributed by atoms with E-state index in [1.165, 1.54) is 5.56 Å². The van der Waals surface area contributed by atoms with Gasteiger partial charge in [0.2, 0.25) is 0 Å². The number of hydrogen-bond acceptors (Lipinski definition) is 2. The van der Waals surface area contributed by atoms with E-state index < -0.39 is 0 Å². The quantitative estimate of drug-likeness (QED) is 0.798. The summed E-state index contributed by atoms with van der Waals surface area (Å²) < 4.78 is 7.10. The predicted octanol–water partition coefficient (Wildman–Crippen LogP) is 3.76. The molecule has 0 aliphatic rings. The Hall–Kier alpha value is -1.32. The van der Waals surface area contributed by atoms with E-state index in [1.807, 2.05) is 16.7 Å². The third-order valence-electron chi connectivity index (χ3n) is 3.56. The Bertz CT molecular complexity index is 643. The Morgan fingerprint density at radius 1 is 1.37 bits per heavy atom. The van der Waals surface area contributed by atoms with Gasteiger partial charge in [-0.05, 0) is 31.9 Å². The summed E-state index contributed by atoms with van der Waals surface area (Å²) in [5, 5.41) is 1.44. The van der Waals surface area contributed by atoms with E-state index in [-0.39, 0.29) is 5.78 Å². The van der Waals surface area contributed by atoms with Gasteiger partial charge in [-0.1, -0.05) is 23.7 Å². The lowest BCUT2D eigenvalue weighted by Gasteiger charge is -2.09. The number of ether oxygens (including phenoxy) is 1. The van der Waals surface area contributed by atoms with Crippen molar-refractivity contribution in [1.29, 1.82) is 0 Å². The molecule has 1 aromatic carbocycles. The molecule has 0 radical (unpaired) electrons. The van der Waals surface area contributed by atoms with Crippen LogP contribution >= 0.6 is 11.6 Å². The molecule has 102 valence electrons. The van der Waals surface area contributed by atoms with Gasteiger partial charge >= 0.3 is 0 Å². The van der Waals surface area contributed by atoms with Crippen LogP contribution in [-0.4, -0.2) is 24.1 Å². The Kier molecular flexibility index (Phi) is 3.97. The zero-order valence-corrected chi connectivity index (χ0v) is 12.5. The zero-order valence-electron chi connectivity index (χ0n) is 11.7. The van der Waals surface area contributed by atoms with Gasteiger partial charge in [0, 0.05) is 19.0 Å². The fourth-order valence-electron chi connectivity index (χ4n) is 2.42. The maximum atomic E-state index is 11.8. The van der Waals surface area contributed by atoms with Crippen molar-refractivity contribution in [2.45, 2.75) is 27.3 Å². The molecule has 2 rings (SSSR count). The normalized spacial score (nSPS) is 11.2. The maximum absolute atomic E-state index is 11.8. The van der Waals surface area contributed by atoms with E-state index in [0.717, 1.165) is 16.5 Å². The molecular formula is C15H18ClNO2. The number of hydrogen-bond donors (Lipinski definition) is 0. The first-order valence-corrected chi connectivity index (χ1v) is 6.64. The second-order valence-electron chi connectivity index (χ2n) is 4.77. The molecular weight excluding hydrogens is 262 g/mol. The third kappa shape index (κ3) is 2.28. The van der Waals surface area contributed by atoms with Gasteiger partial charge in [0.15, 0.2) is 5.78 Å². The lowest BCUT2D eigenvalue weighted by atomic mass is 10.0. The number of methoxy groups -OCH3 is 1. The second-order valence-corrected chi connectivity index (χ2v) is 5.13. The van der Waals surface area contributed by atoms with Gasteiger partial charge in [-0.2, -0.15) is 0 Å². The first-order valence-electron chi connectivity index (χ1n) is 6.26. The molecule has 19 heavy (non-hydrogen) atoms. The number of nitrogens with zero attached hydrogens (tertiary/aromatic N) is 1. The maximum Gasteiger partial charge on any atom is 0.163 e. The van der Waals surface area contributed by atoms with E-state index >= 15 is 0 Å². The van der Waals surface area contributed by atoms with Crippen LogP contribution in [0, 0.1) is 13.8 Å². The molecule has 0 saturated carbocycles. The van der Waals surface area contributed by atoms with E-state index in [4.69, 9.17) is 16.3 Å². The van der Waals surface area contributed by atoms with Crippen molar-refractivity contribution in [3.63, 3.8) is 0 Å². The standard InChI is InChI=1S/C15H18ClNO2/c1-9-5-6-12-13(11(3)18)15(16)17(7-8-19-4)14(12)10(9)2/h5-6H,7-8H2,1-4H3. The molecule has 0 atom stereocenters. The molecule has 1 aromatic heterocycles. The molecule has 1 heterocycles. The zero-order chi connectivity index (χ0) is 14.2. The molecule has 0 N–H and O–H groups in total. The van der Waals surface area contributed by atoms with Crippen molar-refractivity contribution in [3.8, 4) is 0 Å².